The van der Waals surface area contributed by atoms with Gasteiger partial charge in [0.05, 0.1) is 23.0 Å². The SMILES string of the molecule is COCOc1ccc2ccccc2c1-c1ncc2c(N3C[C@@H]4[C@H]3CCN4C(=O)OC(C)(C)C)ncnc2c1F. The summed E-state index contributed by atoms with van der Waals surface area (Å²) in [4.78, 5) is 30.0. The number of amides is 1. The number of nitrogens with zero attached hydrogens (tertiary/aromatic N) is 5. The van der Waals surface area contributed by atoms with Crippen LogP contribution in [-0.2, 0) is 9.47 Å². The van der Waals surface area contributed by atoms with Crippen LogP contribution in [0.1, 0.15) is 27.2 Å². The van der Waals surface area contributed by atoms with Crippen molar-refractivity contribution >= 4 is 33.6 Å². The third-order valence-corrected chi connectivity index (χ3v) is 7.26. The van der Waals surface area contributed by atoms with Crippen molar-refractivity contribution in [3.05, 3.63) is 54.7 Å². The van der Waals surface area contributed by atoms with E-state index in [1.165, 1.54) is 13.4 Å². The second kappa shape index (κ2) is 9.60. The van der Waals surface area contributed by atoms with E-state index in [1.807, 2.05) is 51.1 Å². The van der Waals surface area contributed by atoms with Gasteiger partial charge in [-0.3, -0.25) is 4.98 Å². The summed E-state index contributed by atoms with van der Waals surface area (Å²) >= 11 is 0. The molecule has 2 atom stereocenters. The zero-order valence-corrected chi connectivity index (χ0v) is 22.3. The average molecular weight is 532 g/mol. The number of ether oxygens (including phenoxy) is 3. The summed E-state index contributed by atoms with van der Waals surface area (Å²) in [5.41, 5.74) is 0.313. The standard InChI is InChI=1S/C29H30FN5O4/c1-29(2,3)39-28(36)34-12-11-20-21(34)14-35(20)27-19-13-31-26(24(30)25(19)32-15-33-27)23-18-8-6-5-7-17(18)9-10-22(23)38-16-37-4/h5-10,13,15,20-21H,11-12,14,16H2,1-4H3/t20-,21-/m1/s1. The van der Waals surface area contributed by atoms with Gasteiger partial charge >= 0.3 is 6.09 Å². The lowest BCUT2D eigenvalue weighted by Crippen LogP contribution is -2.63. The topological polar surface area (TPSA) is 89.9 Å². The van der Waals surface area contributed by atoms with Crippen molar-refractivity contribution in [2.24, 2.45) is 0 Å². The fourth-order valence-corrected chi connectivity index (χ4v) is 5.53. The molecule has 0 saturated carbocycles. The number of halogens is 1. The van der Waals surface area contributed by atoms with Crippen molar-refractivity contribution in [3.8, 4) is 17.0 Å². The molecule has 0 spiro atoms. The monoisotopic (exact) mass is 531 g/mol. The van der Waals surface area contributed by atoms with Crippen LogP contribution in [0.5, 0.6) is 5.75 Å². The molecule has 2 fully saturated rings. The number of carbonyl (C=O) groups excluding carboxylic acids is 1. The molecule has 0 N–H and O–H groups in total. The number of pyridine rings is 1. The Kier molecular flexibility index (Phi) is 6.22. The van der Waals surface area contributed by atoms with Crippen LogP contribution >= 0.6 is 0 Å². The van der Waals surface area contributed by atoms with Gasteiger partial charge in [-0.15, -0.1) is 0 Å². The van der Waals surface area contributed by atoms with Crippen molar-refractivity contribution in [3.63, 3.8) is 0 Å². The lowest BCUT2D eigenvalue weighted by molar-refractivity contribution is 0.0193. The minimum Gasteiger partial charge on any atom is -0.467 e. The third kappa shape index (κ3) is 4.38. The maximum absolute atomic E-state index is 16.2. The number of hydrogen-bond acceptors (Lipinski definition) is 8. The zero-order chi connectivity index (χ0) is 27.3. The van der Waals surface area contributed by atoms with E-state index in [-0.39, 0.29) is 36.2 Å². The minimum absolute atomic E-state index is 0.0185. The van der Waals surface area contributed by atoms with Gasteiger partial charge in [0.25, 0.3) is 0 Å². The van der Waals surface area contributed by atoms with Crippen LogP contribution in [0.3, 0.4) is 0 Å². The smallest absolute Gasteiger partial charge is 0.410 e. The zero-order valence-electron chi connectivity index (χ0n) is 22.3. The lowest BCUT2D eigenvalue weighted by atomic mass is 9.96. The molecule has 9 nitrogen and oxygen atoms in total. The lowest BCUT2D eigenvalue weighted by Gasteiger charge is -2.47. The highest BCUT2D eigenvalue weighted by Crippen LogP contribution is 2.42. The van der Waals surface area contributed by atoms with E-state index in [4.69, 9.17) is 14.2 Å². The van der Waals surface area contributed by atoms with Gasteiger partial charge < -0.3 is 24.0 Å². The molecule has 0 unspecified atom stereocenters. The molecule has 0 aliphatic carbocycles. The minimum atomic E-state index is -0.555. The van der Waals surface area contributed by atoms with Crippen LogP contribution in [0, 0.1) is 5.82 Å². The first-order chi connectivity index (χ1) is 18.8. The van der Waals surface area contributed by atoms with E-state index < -0.39 is 11.4 Å². The molecule has 4 aromatic rings. The van der Waals surface area contributed by atoms with Gasteiger partial charge in [0, 0.05) is 26.4 Å². The van der Waals surface area contributed by atoms with Crippen molar-refractivity contribution in [1.82, 2.24) is 19.9 Å². The molecule has 202 valence electrons. The van der Waals surface area contributed by atoms with E-state index in [0.29, 0.717) is 35.6 Å². The summed E-state index contributed by atoms with van der Waals surface area (Å²) in [7, 11) is 1.53. The van der Waals surface area contributed by atoms with Crippen molar-refractivity contribution in [2.75, 3.05) is 31.9 Å². The number of carbonyl (C=O) groups is 1. The summed E-state index contributed by atoms with van der Waals surface area (Å²) in [6.07, 6.45) is 3.48. The molecule has 1 amide bonds. The second-order valence-electron chi connectivity index (χ2n) is 10.8. The van der Waals surface area contributed by atoms with Gasteiger partial charge in [-0.2, -0.15) is 0 Å². The van der Waals surface area contributed by atoms with Gasteiger partial charge in [-0.1, -0.05) is 30.3 Å². The number of hydrogen-bond donors (Lipinski definition) is 0. The molecule has 39 heavy (non-hydrogen) atoms. The first-order valence-corrected chi connectivity index (χ1v) is 13.0. The number of methoxy groups -OCH3 is 1. The van der Waals surface area contributed by atoms with E-state index >= 15 is 4.39 Å². The van der Waals surface area contributed by atoms with Gasteiger partial charge in [-0.05, 0) is 44.0 Å². The van der Waals surface area contributed by atoms with Crippen molar-refractivity contribution < 1.29 is 23.4 Å². The van der Waals surface area contributed by atoms with Crippen LogP contribution in [0.2, 0.25) is 0 Å². The molecule has 2 aromatic carbocycles. The first kappa shape index (κ1) is 25.2. The maximum Gasteiger partial charge on any atom is 0.410 e. The number of anilines is 1. The molecule has 6 rings (SSSR count). The fraction of sp³-hybridized carbons (Fsp3) is 0.379. The van der Waals surface area contributed by atoms with Gasteiger partial charge in [0.2, 0.25) is 0 Å². The predicted molar refractivity (Wildman–Crippen MR) is 145 cm³/mol. The molecule has 2 aliphatic rings. The normalized spacial score (nSPS) is 18.8. The second-order valence-corrected chi connectivity index (χ2v) is 10.8. The van der Waals surface area contributed by atoms with Crippen LogP contribution < -0.4 is 9.64 Å². The molecule has 2 saturated heterocycles. The summed E-state index contributed by atoms with van der Waals surface area (Å²) in [6, 6.07) is 11.5. The molecular weight excluding hydrogens is 501 g/mol. The van der Waals surface area contributed by atoms with Crippen molar-refractivity contribution in [2.45, 2.75) is 44.9 Å². The quantitative estimate of drug-likeness (QED) is 0.326. The molecule has 10 heteroatoms. The summed E-state index contributed by atoms with van der Waals surface area (Å²) in [5.74, 6) is 0.530. The number of rotatable bonds is 5. The van der Waals surface area contributed by atoms with Crippen LogP contribution in [0.4, 0.5) is 15.0 Å². The van der Waals surface area contributed by atoms with Crippen LogP contribution in [-0.4, -0.2) is 70.6 Å². The fourth-order valence-electron chi connectivity index (χ4n) is 5.53. The summed E-state index contributed by atoms with van der Waals surface area (Å²) in [5, 5.41) is 2.27. The summed E-state index contributed by atoms with van der Waals surface area (Å²) < 4.78 is 32.7. The van der Waals surface area contributed by atoms with Crippen LogP contribution in [0.15, 0.2) is 48.9 Å². The Balaban J connectivity index is 1.36. The highest BCUT2D eigenvalue weighted by atomic mass is 19.1. The van der Waals surface area contributed by atoms with Gasteiger partial charge in [0.1, 0.15) is 34.7 Å². The highest BCUT2D eigenvalue weighted by Gasteiger charge is 2.50. The molecule has 0 radical (unpaired) electrons. The number of fused-ring (bicyclic) bond motifs is 3. The van der Waals surface area contributed by atoms with E-state index in [0.717, 1.165) is 17.2 Å². The number of likely N-dealkylation sites (tertiary alicyclic amines) is 1. The first-order valence-electron chi connectivity index (χ1n) is 13.0. The Morgan fingerprint density at radius 2 is 1.90 bits per heavy atom. The van der Waals surface area contributed by atoms with Crippen LogP contribution in [0.25, 0.3) is 32.9 Å². The molecule has 4 heterocycles. The summed E-state index contributed by atoms with van der Waals surface area (Å²) in [6.45, 7) is 6.78. The Bertz CT molecular complexity index is 1570. The van der Waals surface area contributed by atoms with E-state index in [2.05, 4.69) is 19.9 Å². The molecule has 2 aromatic heterocycles. The van der Waals surface area contributed by atoms with Gasteiger partial charge in [-0.25, -0.2) is 19.2 Å². The third-order valence-electron chi connectivity index (χ3n) is 7.26. The Labute approximate surface area is 225 Å². The Morgan fingerprint density at radius 1 is 1.08 bits per heavy atom. The number of aromatic nitrogens is 3. The maximum atomic E-state index is 16.2. The highest BCUT2D eigenvalue weighted by molar-refractivity contribution is 6.01. The average Bonchev–Trinajstić information content (AvgIpc) is 3.23. The predicted octanol–water partition coefficient (Wildman–Crippen LogP) is 5.16. The van der Waals surface area contributed by atoms with E-state index in [1.54, 1.807) is 17.2 Å². The van der Waals surface area contributed by atoms with E-state index in [9.17, 15) is 4.79 Å². The number of benzene rings is 2. The Hall–Kier alpha value is -4.05. The van der Waals surface area contributed by atoms with Crippen molar-refractivity contribution in [1.29, 1.82) is 0 Å². The largest absolute Gasteiger partial charge is 0.467 e. The van der Waals surface area contributed by atoms with Gasteiger partial charge in [0.15, 0.2) is 12.6 Å². The molecule has 0 bridgehead atoms. The molecule has 2 aliphatic heterocycles. The molecular formula is C29H30FN5O4. The Morgan fingerprint density at radius 3 is 2.69 bits per heavy atom.